The van der Waals surface area contributed by atoms with Gasteiger partial charge in [0.05, 0.1) is 5.52 Å². The summed E-state index contributed by atoms with van der Waals surface area (Å²) in [4.78, 5) is 0. The predicted molar refractivity (Wildman–Crippen MR) is 70.0 cm³/mol. The second-order valence-corrected chi connectivity index (χ2v) is 5.91. The van der Waals surface area contributed by atoms with E-state index in [1.54, 1.807) is 0 Å². The van der Waals surface area contributed by atoms with Crippen molar-refractivity contribution in [3.8, 4) is 0 Å². The third kappa shape index (κ3) is 1.09. The van der Waals surface area contributed by atoms with Crippen molar-refractivity contribution in [1.82, 2.24) is 4.57 Å². The van der Waals surface area contributed by atoms with Crippen molar-refractivity contribution in [2.75, 3.05) is 0 Å². The van der Waals surface area contributed by atoms with Crippen LogP contribution in [-0.4, -0.2) is 10.1 Å². The predicted octanol–water partition coefficient (Wildman–Crippen LogP) is 2.70. The Hall–Kier alpha value is -1.28. The van der Waals surface area contributed by atoms with E-state index in [0.29, 0.717) is 5.41 Å². The lowest BCUT2D eigenvalue weighted by atomic mass is 9.85. The van der Waals surface area contributed by atoms with Crippen molar-refractivity contribution < 1.29 is 0 Å². The van der Waals surface area contributed by atoms with Crippen LogP contribution in [0, 0.1) is 0 Å². The van der Waals surface area contributed by atoms with Gasteiger partial charge in [-0.05, 0) is 42.7 Å². The van der Waals surface area contributed by atoms with E-state index in [1.807, 2.05) is 0 Å². The first-order valence-electron chi connectivity index (χ1n) is 6.50. The third-order valence-electron chi connectivity index (χ3n) is 4.90. The molecule has 2 aliphatic carbocycles. The zero-order valence-electron chi connectivity index (χ0n) is 10.2. The molecule has 0 atom stereocenters. The fraction of sp³-hybridized carbons (Fsp3) is 0.467. The summed E-state index contributed by atoms with van der Waals surface area (Å²) >= 11 is 0. The van der Waals surface area contributed by atoms with Crippen LogP contribution < -0.4 is 5.73 Å². The molecule has 1 heterocycles. The summed E-state index contributed by atoms with van der Waals surface area (Å²) in [6.45, 7) is 0. The number of nitrogens with zero attached hydrogens (tertiary/aromatic N) is 1. The van der Waals surface area contributed by atoms with Gasteiger partial charge in [-0.1, -0.05) is 18.2 Å². The number of benzene rings is 1. The van der Waals surface area contributed by atoms with E-state index < -0.39 is 0 Å². The molecule has 0 spiro atoms. The molecular formula is C15H18N2. The maximum absolute atomic E-state index is 6.52. The molecule has 88 valence electrons. The van der Waals surface area contributed by atoms with E-state index in [0.717, 1.165) is 0 Å². The number of hydrogen-bond acceptors (Lipinski definition) is 1. The Labute approximate surface area is 101 Å². The second-order valence-electron chi connectivity index (χ2n) is 5.91. The zero-order chi connectivity index (χ0) is 11.7. The molecule has 0 unspecified atom stereocenters. The number of fused-ring (bicyclic) bond motifs is 1. The lowest BCUT2D eigenvalue weighted by molar-refractivity contribution is 0.505. The van der Waals surface area contributed by atoms with E-state index in [2.05, 4.69) is 42.1 Å². The van der Waals surface area contributed by atoms with Crippen molar-refractivity contribution in [3.05, 3.63) is 36.0 Å². The van der Waals surface area contributed by atoms with Crippen LogP contribution in [0.5, 0.6) is 0 Å². The number of aryl methyl sites for hydroxylation is 1. The van der Waals surface area contributed by atoms with Gasteiger partial charge in [-0.15, -0.1) is 0 Å². The summed E-state index contributed by atoms with van der Waals surface area (Å²) in [5.41, 5.74) is 9.79. The highest BCUT2D eigenvalue weighted by Gasteiger charge is 2.64. The minimum atomic E-state index is 0.103. The van der Waals surface area contributed by atoms with Gasteiger partial charge in [0, 0.05) is 24.2 Å². The van der Waals surface area contributed by atoms with Gasteiger partial charge in [-0.25, -0.2) is 0 Å². The van der Waals surface area contributed by atoms with E-state index in [-0.39, 0.29) is 5.54 Å². The van der Waals surface area contributed by atoms with Crippen LogP contribution in [0.15, 0.2) is 30.5 Å². The zero-order valence-corrected chi connectivity index (χ0v) is 10.2. The highest BCUT2D eigenvalue weighted by Crippen LogP contribution is 2.64. The number of nitrogens with two attached hydrogens (primary N) is 1. The van der Waals surface area contributed by atoms with Gasteiger partial charge in [0.15, 0.2) is 0 Å². The number of rotatable bonds is 2. The summed E-state index contributed by atoms with van der Waals surface area (Å²) in [7, 11) is 2.14. The normalized spacial score (nSPS) is 23.9. The van der Waals surface area contributed by atoms with Crippen molar-refractivity contribution in [2.24, 2.45) is 12.8 Å². The molecule has 0 bridgehead atoms. The van der Waals surface area contributed by atoms with Crippen LogP contribution in [0.4, 0.5) is 0 Å². The standard InChI is InChI=1S/C15H18N2/c1-17-10-5-11-3-2-4-12(13(11)17)14(6-7-14)15(16)8-9-15/h2-5,10H,6-9,16H2,1H3. The van der Waals surface area contributed by atoms with Gasteiger partial charge in [-0.3, -0.25) is 0 Å². The van der Waals surface area contributed by atoms with Gasteiger partial charge in [0.1, 0.15) is 0 Å². The molecule has 17 heavy (non-hydrogen) atoms. The van der Waals surface area contributed by atoms with Crippen molar-refractivity contribution in [3.63, 3.8) is 0 Å². The fourth-order valence-electron chi connectivity index (χ4n) is 3.52. The first-order valence-corrected chi connectivity index (χ1v) is 6.50. The van der Waals surface area contributed by atoms with Gasteiger partial charge in [0.2, 0.25) is 0 Å². The number of aromatic nitrogens is 1. The molecule has 2 saturated carbocycles. The minimum Gasteiger partial charge on any atom is -0.350 e. The molecule has 0 aliphatic heterocycles. The van der Waals surface area contributed by atoms with Crippen molar-refractivity contribution in [2.45, 2.75) is 36.6 Å². The monoisotopic (exact) mass is 226 g/mol. The molecule has 2 aromatic rings. The Bertz CT molecular complexity index is 600. The molecule has 2 nitrogen and oxygen atoms in total. The Morgan fingerprint density at radius 1 is 1.12 bits per heavy atom. The molecule has 2 fully saturated rings. The molecule has 0 saturated heterocycles. The lowest BCUT2D eigenvalue weighted by Crippen LogP contribution is -2.37. The minimum absolute atomic E-state index is 0.103. The summed E-state index contributed by atoms with van der Waals surface area (Å²) in [5, 5.41) is 1.35. The Morgan fingerprint density at radius 2 is 1.88 bits per heavy atom. The van der Waals surface area contributed by atoms with Gasteiger partial charge < -0.3 is 10.3 Å². The quantitative estimate of drug-likeness (QED) is 0.838. The SMILES string of the molecule is Cn1ccc2cccc(C3(C4(N)CC4)CC3)c21. The van der Waals surface area contributed by atoms with E-state index in [1.165, 1.54) is 42.1 Å². The van der Waals surface area contributed by atoms with Gasteiger partial charge in [0.25, 0.3) is 0 Å². The second kappa shape index (κ2) is 2.75. The molecule has 1 aromatic carbocycles. The van der Waals surface area contributed by atoms with Crippen molar-refractivity contribution in [1.29, 1.82) is 0 Å². The van der Waals surface area contributed by atoms with Crippen LogP contribution in [0.25, 0.3) is 10.9 Å². The fourth-order valence-corrected chi connectivity index (χ4v) is 3.52. The maximum atomic E-state index is 6.52. The third-order valence-corrected chi connectivity index (χ3v) is 4.90. The molecule has 4 rings (SSSR count). The van der Waals surface area contributed by atoms with Crippen LogP contribution in [0.3, 0.4) is 0 Å². The van der Waals surface area contributed by atoms with Crippen LogP contribution in [0.2, 0.25) is 0 Å². The summed E-state index contributed by atoms with van der Waals surface area (Å²) < 4.78 is 2.25. The molecule has 2 heteroatoms. The van der Waals surface area contributed by atoms with Crippen LogP contribution >= 0.6 is 0 Å². The molecule has 0 radical (unpaired) electrons. The molecule has 0 amide bonds. The Balaban J connectivity index is 2.00. The lowest BCUT2D eigenvalue weighted by Gasteiger charge is -2.24. The van der Waals surface area contributed by atoms with E-state index >= 15 is 0 Å². The molecule has 2 aliphatic rings. The topological polar surface area (TPSA) is 30.9 Å². The smallest absolute Gasteiger partial charge is 0.0516 e. The highest BCUT2D eigenvalue weighted by atomic mass is 14.9. The summed E-state index contributed by atoms with van der Waals surface area (Å²) in [5.74, 6) is 0. The van der Waals surface area contributed by atoms with Crippen LogP contribution in [0.1, 0.15) is 31.2 Å². The number of hydrogen-bond donors (Lipinski definition) is 1. The van der Waals surface area contributed by atoms with E-state index in [9.17, 15) is 0 Å². The molecular weight excluding hydrogens is 208 g/mol. The summed E-state index contributed by atoms with van der Waals surface area (Å²) in [6.07, 6.45) is 7.10. The van der Waals surface area contributed by atoms with Gasteiger partial charge in [-0.2, -0.15) is 0 Å². The highest BCUT2D eigenvalue weighted by molar-refractivity contribution is 5.85. The Kier molecular flexibility index (Phi) is 1.57. The average Bonchev–Trinajstić information content (AvgIpc) is 3.22. The van der Waals surface area contributed by atoms with Crippen molar-refractivity contribution >= 4 is 10.9 Å². The number of para-hydroxylation sites is 1. The first-order chi connectivity index (χ1) is 8.16. The molecule has 2 N–H and O–H groups in total. The first kappa shape index (κ1) is 9.72. The summed E-state index contributed by atoms with van der Waals surface area (Å²) in [6, 6.07) is 8.88. The largest absolute Gasteiger partial charge is 0.350 e. The molecule has 1 aromatic heterocycles. The van der Waals surface area contributed by atoms with Crippen LogP contribution in [-0.2, 0) is 12.5 Å². The average molecular weight is 226 g/mol. The van der Waals surface area contributed by atoms with E-state index in [4.69, 9.17) is 5.73 Å². The Morgan fingerprint density at radius 3 is 2.53 bits per heavy atom. The van der Waals surface area contributed by atoms with Gasteiger partial charge >= 0.3 is 0 Å². The maximum Gasteiger partial charge on any atom is 0.0516 e.